The number of nitrogens with zero attached hydrogens (tertiary/aromatic N) is 1. The minimum absolute atomic E-state index is 0.0813. The first kappa shape index (κ1) is 14.8. The van der Waals surface area contributed by atoms with E-state index >= 15 is 0 Å². The summed E-state index contributed by atoms with van der Waals surface area (Å²) in [4.78, 5) is 13.7. The highest BCUT2D eigenvalue weighted by molar-refractivity contribution is 7.98. The van der Waals surface area contributed by atoms with Crippen LogP contribution in [-0.2, 0) is 4.79 Å². The third-order valence-electron chi connectivity index (χ3n) is 2.79. The molecule has 0 saturated carbocycles. The van der Waals surface area contributed by atoms with Crippen LogP contribution in [0.3, 0.4) is 0 Å². The van der Waals surface area contributed by atoms with Gasteiger partial charge in [0.05, 0.1) is 6.04 Å². The Morgan fingerprint density at radius 2 is 1.93 bits per heavy atom. The van der Waals surface area contributed by atoms with Crippen LogP contribution in [0.5, 0.6) is 0 Å². The molecule has 15 heavy (non-hydrogen) atoms. The Labute approximate surface area is 97.8 Å². The molecule has 0 aliphatic heterocycles. The van der Waals surface area contributed by atoms with Crippen LogP contribution in [0.25, 0.3) is 0 Å². The number of carbonyl (C=O) groups excluding carboxylic acids is 1. The average Bonchev–Trinajstić information content (AvgIpc) is 2.26. The van der Waals surface area contributed by atoms with Crippen LogP contribution in [0, 0.1) is 0 Å². The number of likely N-dealkylation sites (N-methyl/N-ethyl adjacent to an activating group) is 1. The van der Waals surface area contributed by atoms with E-state index < -0.39 is 0 Å². The van der Waals surface area contributed by atoms with E-state index in [1.54, 1.807) is 11.8 Å². The number of hydrogen-bond donors (Lipinski definition) is 1. The molecule has 3 nitrogen and oxygen atoms in total. The summed E-state index contributed by atoms with van der Waals surface area (Å²) in [7, 11) is 1.86. The third-order valence-corrected chi connectivity index (χ3v) is 3.43. The van der Waals surface area contributed by atoms with E-state index in [2.05, 4.69) is 13.8 Å². The summed E-state index contributed by atoms with van der Waals surface area (Å²) in [6.45, 7) is 4.21. The van der Waals surface area contributed by atoms with E-state index in [4.69, 9.17) is 5.73 Å². The van der Waals surface area contributed by atoms with Gasteiger partial charge in [-0.15, -0.1) is 0 Å². The van der Waals surface area contributed by atoms with Crippen molar-refractivity contribution in [2.24, 2.45) is 5.73 Å². The molecule has 0 aliphatic carbocycles. The van der Waals surface area contributed by atoms with Crippen molar-refractivity contribution < 1.29 is 4.79 Å². The van der Waals surface area contributed by atoms with Gasteiger partial charge in [-0.05, 0) is 31.3 Å². The highest BCUT2D eigenvalue weighted by Crippen LogP contribution is 2.09. The lowest BCUT2D eigenvalue weighted by molar-refractivity contribution is -0.133. The molecule has 0 radical (unpaired) electrons. The molecule has 0 unspecified atom stereocenters. The van der Waals surface area contributed by atoms with E-state index in [1.807, 2.05) is 18.2 Å². The number of nitrogens with two attached hydrogens (primary N) is 1. The van der Waals surface area contributed by atoms with E-state index in [-0.39, 0.29) is 11.9 Å². The van der Waals surface area contributed by atoms with Crippen molar-refractivity contribution in [2.45, 2.75) is 45.2 Å². The number of thioether (sulfide) groups is 1. The fraction of sp³-hybridized carbons (Fsp3) is 0.909. The van der Waals surface area contributed by atoms with Crippen molar-refractivity contribution in [1.82, 2.24) is 4.90 Å². The summed E-state index contributed by atoms with van der Waals surface area (Å²) in [5, 5.41) is 0. The molecular weight excluding hydrogens is 208 g/mol. The quantitative estimate of drug-likeness (QED) is 0.727. The Bertz CT molecular complexity index is 183. The highest BCUT2D eigenvalue weighted by Gasteiger charge is 2.21. The fourth-order valence-electron chi connectivity index (χ4n) is 1.65. The highest BCUT2D eigenvalue weighted by atomic mass is 32.2. The predicted octanol–water partition coefficient (Wildman–Crippen LogP) is 1.71. The van der Waals surface area contributed by atoms with E-state index in [9.17, 15) is 4.79 Å². The third kappa shape index (κ3) is 4.89. The summed E-state index contributed by atoms with van der Waals surface area (Å²) in [5.74, 6) is 1.03. The predicted molar refractivity (Wildman–Crippen MR) is 68.1 cm³/mol. The molecule has 0 aromatic carbocycles. The molecule has 0 spiro atoms. The molecule has 0 aliphatic rings. The van der Waals surface area contributed by atoms with Gasteiger partial charge in [0.25, 0.3) is 0 Å². The zero-order valence-corrected chi connectivity index (χ0v) is 11.1. The maximum Gasteiger partial charge on any atom is 0.239 e. The molecule has 1 atom stereocenters. The largest absolute Gasteiger partial charge is 0.341 e. The monoisotopic (exact) mass is 232 g/mol. The van der Waals surface area contributed by atoms with Crippen LogP contribution in [0.2, 0.25) is 0 Å². The summed E-state index contributed by atoms with van der Waals surface area (Å²) in [6, 6.07) is 0.000814. The second kappa shape index (κ2) is 7.99. The topological polar surface area (TPSA) is 46.3 Å². The van der Waals surface area contributed by atoms with Gasteiger partial charge in [-0.3, -0.25) is 4.79 Å². The van der Waals surface area contributed by atoms with Crippen molar-refractivity contribution in [3.05, 3.63) is 0 Å². The van der Waals surface area contributed by atoms with Gasteiger partial charge in [0.15, 0.2) is 0 Å². The molecule has 0 saturated heterocycles. The molecule has 4 heteroatoms. The van der Waals surface area contributed by atoms with Crippen molar-refractivity contribution >= 4 is 17.7 Å². The van der Waals surface area contributed by atoms with E-state index in [1.165, 1.54) is 0 Å². The van der Waals surface area contributed by atoms with Gasteiger partial charge in [0.1, 0.15) is 0 Å². The van der Waals surface area contributed by atoms with Gasteiger partial charge in [0, 0.05) is 13.1 Å². The molecule has 90 valence electrons. The Balaban J connectivity index is 4.16. The maximum absolute atomic E-state index is 11.9. The van der Waals surface area contributed by atoms with Crippen molar-refractivity contribution in [3.8, 4) is 0 Å². The molecule has 1 amide bonds. The standard InChI is InChI=1S/C11H24N2OS/c1-5-9(6-2)13(3)11(14)10(12)7-8-15-4/h9-10H,5-8,12H2,1-4H3/t10-/m1/s1. The zero-order valence-electron chi connectivity index (χ0n) is 10.3. The van der Waals surface area contributed by atoms with Crippen LogP contribution in [0.4, 0.5) is 0 Å². The molecular formula is C11H24N2OS. The lowest BCUT2D eigenvalue weighted by Gasteiger charge is -2.28. The SMILES string of the molecule is CCC(CC)N(C)C(=O)[C@H](N)CCSC. The summed E-state index contributed by atoms with van der Waals surface area (Å²) >= 11 is 1.73. The summed E-state index contributed by atoms with van der Waals surface area (Å²) in [5.41, 5.74) is 5.85. The molecule has 0 rings (SSSR count). The molecule has 2 N–H and O–H groups in total. The Morgan fingerprint density at radius 1 is 1.40 bits per heavy atom. The number of amides is 1. The zero-order chi connectivity index (χ0) is 11.8. The number of rotatable bonds is 7. The molecule has 0 heterocycles. The lowest BCUT2D eigenvalue weighted by atomic mass is 10.1. The van der Waals surface area contributed by atoms with Crippen molar-refractivity contribution in [2.75, 3.05) is 19.1 Å². The van der Waals surface area contributed by atoms with Gasteiger partial charge in [-0.2, -0.15) is 11.8 Å². The second-order valence-electron chi connectivity index (χ2n) is 3.81. The smallest absolute Gasteiger partial charge is 0.239 e. The first-order valence-corrected chi connectivity index (χ1v) is 6.98. The van der Waals surface area contributed by atoms with Gasteiger partial charge in [-0.25, -0.2) is 0 Å². The van der Waals surface area contributed by atoms with Gasteiger partial charge >= 0.3 is 0 Å². The average molecular weight is 232 g/mol. The molecule has 0 aromatic heterocycles. The summed E-state index contributed by atoms with van der Waals surface area (Å²) < 4.78 is 0. The minimum atomic E-state index is -0.331. The first-order chi connectivity index (χ1) is 7.08. The van der Waals surface area contributed by atoms with Crippen molar-refractivity contribution in [3.63, 3.8) is 0 Å². The Kier molecular flexibility index (Phi) is 7.88. The van der Waals surface area contributed by atoms with Gasteiger partial charge in [0.2, 0.25) is 5.91 Å². The van der Waals surface area contributed by atoms with Crippen LogP contribution >= 0.6 is 11.8 Å². The Morgan fingerprint density at radius 3 is 2.33 bits per heavy atom. The first-order valence-electron chi connectivity index (χ1n) is 5.59. The fourth-order valence-corrected chi connectivity index (χ4v) is 2.14. The Hall–Kier alpha value is -0.220. The molecule has 0 aromatic rings. The van der Waals surface area contributed by atoms with Crippen molar-refractivity contribution in [1.29, 1.82) is 0 Å². The van der Waals surface area contributed by atoms with Crippen LogP contribution in [0.15, 0.2) is 0 Å². The second-order valence-corrected chi connectivity index (χ2v) is 4.79. The van der Waals surface area contributed by atoms with Crippen LogP contribution in [-0.4, -0.2) is 41.9 Å². The summed E-state index contributed by atoms with van der Waals surface area (Å²) in [6.07, 6.45) is 4.79. The lowest BCUT2D eigenvalue weighted by Crippen LogP contribution is -2.46. The van der Waals surface area contributed by atoms with Crippen LogP contribution < -0.4 is 5.73 Å². The normalized spacial score (nSPS) is 12.9. The number of hydrogen-bond acceptors (Lipinski definition) is 3. The van der Waals surface area contributed by atoms with Gasteiger partial charge < -0.3 is 10.6 Å². The van der Waals surface area contributed by atoms with Crippen LogP contribution in [0.1, 0.15) is 33.1 Å². The van der Waals surface area contributed by atoms with E-state index in [0.29, 0.717) is 6.04 Å². The number of carbonyl (C=O) groups is 1. The van der Waals surface area contributed by atoms with E-state index in [0.717, 1.165) is 25.0 Å². The molecule has 0 bridgehead atoms. The molecule has 0 fully saturated rings. The minimum Gasteiger partial charge on any atom is -0.341 e. The van der Waals surface area contributed by atoms with Gasteiger partial charge in [-0.1, -0.05) is 13.8 Å². The maximum atomic E-state index is 11.9.